The molecule has 2 aromatic rings. The van der Waals surface area contributed by atoms with Crippen LogP contribution in [0, 0.1) is 6.92 Å². The average molecular weight is 231 g/mol. The summed E-state index contributed by atoms with van der Waals surface area (Å²) < 4.78 is 5.33. The van der Waals surface area contributed by atoms with Crippen molar-refractivity contribution < 1.29 is 4.52 Å². The number of fused-ring (bicyclic) bond motifs is 1. The van der Waals surface area contributed by atoms with Gasteiger partial charge in [0.1, 0.15) is 0 Å². The lowest BCUT2D eigenvalue weighted by atomic mass is 10.1. The number of benzene rings is 1. The third kappa shape index (κ3) is 3.09. The maximum absolute atomic E-state index is 5.33. The van der Waals surface area contributed by atoms with Crippen molar-refractivity contribution in [2.75, 3.05) is 0 Å². The monoisotopic (exact) mass is 231 g/mol. The van der Waals surface area contributed by atoms with Crippen molar-refractivity contribution in [3.05, 3.63) is 29.5 Å². The summed E-state index contributed by atoms with van der Waals surface area (Å²) >= 11 is 0. The molecule has 0 saturated heterocycles. The molecular formula is C15H21NO. The van der Waals surface area contributed by atoms with Crippen molar-refractivity contribution in [2.24, 2.45) is 0 Å². The van der Waals surface area contributed by atoms with E-state index in [1.165, 1.54) is 43.1 Å². The Morgan fingerprint density at radius 3 is 2.76 bits per heavy atom. The van der Waals surface area contributed by atoms with Gasteiger partial charge in [0.05, 0.1) is 5.69 Å². The number of hydrogen-bond acceptors (Lipinski definition) is 2. The molecule has 0 N–H and O–H groups in total. The first kappa shape index (κ1) is 12.2. The zero-order valence-electron chi connectivity index (χ0n) is 10.8. The molecule has 0 bridgehead atoms. The summed E-state index contributed by atoms with van der Waals surface area (Å²) in [7, 11) is 0. The maximum atomic E-state index is 5.33. The van der Waals surface area contributed by atoms with E-state index < -0.39 is 0 Å². The van der Waals surface area contributed by atoms with Gasteiger partial charge in [-0.1, -0.05) is 49.4 Å². The molecule has 1 aromatic carbocycles. The van der Waals surface area contributed by atoms with Gasteiger partial charge in [-0.25, -0.2) is 0 Å². The van der Waals surface area contributed by atoms with Crippen LogP contribution in [0.25, 0.3) is 11.0 Å². The van der Waals surface area contributed by atoms with Crippen LogP contribution in [0.3, 0.4) is 0 Å². The van der Waals surface area contributed by atoms with Gasteiger partial charge < -0.3 is 4.52 Å². The summed E-state index contributed by atoms with van der Waals surface area (Å²) in [6.45, 7) is 4.35. The highest BCUT2D eigenvalue weighted by molar-refractivity contribution is 5.80. The van der Waals surface area contributed by atoms with Crippen LogP contribution in [0.2, 0.25) is 0 Å². The standard InChI is InChI=1S/C15H21NO/c1-3-4-5-6-7-8-14-13-11-12(2)9-10-15(13)17-16-14/h9-11H,3-8H2,1-2H3. The molecule has 0 radical (unpaired) electrons. The van der Waals surface area contributed by atoms with Crippen molar-refractivity contribution >= 4 is 11.0 Å². The second-order valence-corrected chi connectivity index (χ2v) is 4.79. The van der Waals surface area contributed by atoms with Crippen LogP contribution in [0.1, 0.15) is 50.3 Å². The molecule has 0 spiro atoms. The Labute approximate surface area is 103 Å². The molecule has 2 heteroatoms. The summed E-state index contributed by atoms with van der Waals surface area (Å²) in [5.74, 6) is 0. The van der Waals surface area contributed by atoms with Gasteiger partial charge in [0.15, 0.2) is 5.58 Å². The number of hydrogen-bond donors (Lipinski definition) is 0. The van der Waals surface area contributed by atoms with E-state index in [0.717, 1.165) is 17.7 Å². The largest absolute Gasteiger partial charge is 0.356 e. The Bertz CT molecular complexity index is 473. The van der Waals surface area contributed by atoms with Crippen molar-refractivity contribution in [1.29, 1.82) is 0 Å². The van der Waals surface area contributed by atoms with Crippen LogP contribution >= 0.6 is 0 Å². The summed E-state index contributed by atoms with van der Waals surface area (Å²) in [5, 5.41) is 5.37. The molecule has 2 rings (SSSR count). The summed E-state index contributed by atoms with van der Waals surface area (Å²) in [5.41, 5.74) is 3.31. The van der Waals surface area contributed by atoms with Crippen LogP contribution in [-0.2, 0) is 6.42 Å². The molecule has 0 saturated carbocycles. The molecule has 17 heavy (non-hydrogen) atoms. The first-order chi connectivity index (χ1) is 8.31. The predicted octanol–water partition coefficient (Wildman–Crippen LogP) is 4.65. The van der Waals surface area contributed by atoms with Crippen LogP contribution < -0.4 is 0 Å². The van der Waals surface area contributed by atoms with Crippen molar-refractivity contribution in [1.82, 2.24) is 5.16 Å². The maximum Gasteiger partial charge on any atom is 0.167 e. The van der Waals surface area contributed by atoms with Crippen LogP contribution in [-0.4, -0.2) is 5.16 Å². The van der Waals surface area contributed by atoms with Crippen LogP contribution in [0.4, 0.5) is 0 Å². The van der Waals surface area contributed by atoms with Crippen molar-refractivity contribution in [2.45, 2.75) is 52.4 Å². The van der Waals surface area contributed by atoms with Gasteiger partial charge in [0, 0.05) is 5.39 Å². The molecule has 0 fully saturated rings. The van der Waals surface area contributed by atoms with Crippen molar-refractivity contribution in [3.8, 4) is 0 Å². The third-order valence-corrected chi connectivity index (χ3v) is 3.22. The molecule has 1 aromatic heterocycles. The normalized spacial score (nSPS) is 11.2. The molecule has 2 nitrogen and oxygen atoms in total. The van der Waals surface area contributed by atoms with E-state index in [1.54, 1.807) is 0 Å². The lowest BCUT2D eigenvalue weighted by Crippen LogP contribution is -1.87. The lowest BCUT2D eigenvalue weighted by Gasteiger charge is -1.98. The number of aromatic nitrogens is 1. The summed E-state index contributed by atoms with van der Waals surface area (Å²) in [6, 6.07) is 6.25. The van der Waals surface area contributed by atoms with E-state index in [9.17, 15) is 0 Å². The Hall–Kier alpha value is -1.31. The molecule has 1 heterocycles. The summed E-state index contributed by atoms with van der Waals surface area (Å²) in [4.78, 5) is 0. The number of aryl methyl sites for hydroxylation is 2. The van der Waals surface area contributed by atoms with Gasteiger partial charge in [-0.05, 0) is 31.9 Å². The minimum Gasteiger partial charge on any atom is -0.356 e. The predicted molar refractivity (Wildman–Crippen MR) is 71.2 cm³/mol. The Morgan fingerprint density at radius 1 is 1.12 bits per heavy atom. The Balaban J connectivity index is 1.96. The van der Waals surface area contributed by atoms with Gasteiger partial charge >= 0.3 is 0 Å². The van der Waals surface area contributed by atoms with E-state index in [0.29, 0.717) is 0 Å². The highest BCUT2D eigenvalue weighted by atomic mass is 16.5. The smallest absolute Gasteiger partial charge is 0.167 e. The SMILES string of the molecule is CCCCCCCc1noc2ccc(C)cc12. The topological polar surface area (TPSA) is 26.0 Å². The number of unbranched alkanes of at least 4 members (excludes halogenated alkanes) is 4. The average Bonchev–Trinajstić information content (AvgIpc) is 2.72. The van der Waals surface area contributed by atoms with Crippen LogP contribution in [0.5, 0.6) is 0 Å². The second-order valence-electron chi connectivity index (χ2n) is 4.79. The molecule has 0 unspecified atom stereocenters. The fraction of sp³-hybridized carbons (Fsp3) is 0.533. The van der Waals surface area contributed by atoms with E-state index in [2.05, 4.69) is 31.1 Å². The Kier molecular flexibility index (Phi) is 4.18. The minimum absolute atomic E-state index is 0.916. The first-order valence-electron chi connectivity index (χ1n) is 6.66. The van der Waals surface area contributed by atoms with Gasteiger partial charge in [0.2, 0.25) is 0 Å². The molecule has 0 aliphatic rings. The zero-order valence-corrected chi connectivity index (χ0v) is 10.8. The molecule has 0 aliphatic carbocycles. The fourth-order valence-electron chi connectivity index (χ4n) is 2.18. The molecule has 0 aliphatic heterocycles. The summed E-state index contributed by atoms with van der Waals surface area (Å²) in [6.07, 6.45) is 7.54. The van der Waals surface area contributed by atoms with E-state index in [-0.39, 0.29) is 0 Å². The highest BCUT2D eigenvalue weighted by Crippen LogP contribution is 2.21. The molecule has 92 valence electrons. The number of rotatable bonds is 6. The quantitative estimate of drug-likeness (QED) is 0.676. The van der Waals surface area contributed by atoms with Crippen molar-refractivity contribution in [3.63, 3.8) is 0 Å². The van der Waals surface area contributed by atoms with Gasteiger partial charge in [0.25, 0.3) is 0 Å². The zero-order chi connectivity index (χ0) is 12.1. The minimum atomic E-state index is 0.916. The van der Waals surface area contributed by atoms with E-state index in [1.807, 2.05) is 6.07 Å². The van der Waals surface area contributed by atoms with E-state index >= 15 is 0 Å². The van der Waals surface area contributed by atoms with Gasteiger partial charge in [-0.3, -0.25) is 0 Å². The van der Waals surface area contributed by atoms with Crippen LogP contribution in [0.15, 0.2) is 22.7 Å². The lowest BCUT2D eigenvalue weighted by molar-refractivity contribution is 0.443. The third-order valence-electron chi connectivity index (χ3n) is 3.22. The second kappa shape index (κ2) is 5.85. The number of nitrogens with zero attached hydrogens (tertiary/aromatic N) is 1. The highest BCUT2D eigenvalue weighted by Gasteiger charge is 2.07. The molecule has 0 amide bonds. The molecule has 0 atom stereocenters. The molecular weight excluding hydrogens is 210 g/mol. The van der Waals surface area contributed by atoms with Gasteiger partial charge in [-0.2, -0.15) is 0 Å². The van der Waals surface area contributed by atoms with Gasteiger partial charge in [-0.15, -0.1) is 0 Å². The fourth-order valence-corrected chi connectivity index (χ4v) is 2.18. The Morgan fingerprint density at radius 2 is 1.94 bits per heavy atom. The first-order valence-corrected chi connectivity index (χ1v) is 6.66. The van der Waals surface area contributed by atoms with E-state index in [4.69, 9.17) is 4.52 Å².